The monoisotopic (exact) mass is 475 g/mol. The predicted octanol–water partition coefficient (Wildman–Crippen LogP) is 5.87. The molecule has 3 aliphatic carbocycles. The molecule has 1 aliphatic heterocycles. The number of phenolic OH excluding ortho intramolecular Hbond substituents is 1. The molecule has 0 unspecified atom stereocenters. The number of aryl methyl sites for hydroxylation is 1. The molecule has 2 aromatic carbocycles. The van der Waals surface area contributed by atoms with E-state index in [1.165, 1.54) is 49.2 Å². The molecule has 3 fully saturated rings. The molecular weight excluding hydrogens is 434 g/mol. The Hall–Kier alpha value is -2.04. The molecule has 2 aromatic rings. The van der Waals surface area contributed by atoms with Crippen molar-refractivity contribution < 1.29 is 14.9 Å². The van der Waals surface area contributed by atoms with Crippen LogP contribution in [0.1, 0.15) is 80.4 Å². The van der Waals surface area contributed by atoms with Gasteiger partial charge in [-0.1, -0.05) is 25.1 Å². The Balaban J connectivity index is 1.20. The molecule has 2 N–H and O–H groups in total. The second kappa shape index (κ2) is 9.44. The number of aromatic hydroxyl groups is 1. The molecule has 0 amide bonds. The number of hydrogen-bond donors (Lipinski definition) is 2. The lowest BCUT2D eigenvalue weighted by Gasteiger charge is -2.54. The van der Waals surface area contributed by atoms with E-state index in [4.69, 9.17) is 4.74 Å². The highest BCUT2D eigenvalue weighted by molar-refractivity contribution is 5.43. The van der Waals surface area contributed by atoms with Crippen molar-refractivity contribution in [3.63, 3.8) is 0 Å². The number of ether oxygens (including phenoxy) is 1. The third kappa shape index (κ3) is 4.49. The molecule has 4 heteroatoms. The summed E-state index contributed by atoms with van der Waals surface area (Å²) in [5, 5.41) is 21.2. The van der Waals surface area contributed by atoms with Crippen molar-refractivity contribution in [2.75, 3.05) is 26.2 Å². The maximum Gasteiger partial charge on any atom is 0.119 e. The summed E-state index contributed by atoms with van der Waals surface area (Å²) in [6.45, 7) is 6.96. The summed E-state index contributed by atoms with van der Waals surface area (Å²) in [7, 11) is 0. The smallest absolute Gasteiger partial charge is 0.119 e. The van der Waals surface area contributed by atoms with Crippen molar-refractivity contribution in [3.05, 3.63) is 59.2 Å². The Morgan fingerprint density at radius 3 is 2.63 bits per heavy atom. The molecule has 4 aliphatic rings. The van der Waals surface area contributed by atoms with Gasteiger partial charge in [-0.05, 0) is 128 Å². The van der Waals surface area contributed by atoms with E-state index in [9.17, 15) is 10.2 Å². The first kappa shape index (κ1) is 23.4. The molecule has 6 rings (SSSR count). The number of unbranched alkanes of at least 4 members (excludes halogenated alkanes) is 2. The van der Waals surface area contributed by atoms with Gasteiger partial charge in [0, 0.05) is 13.1 Å². The number of nitrogens with zero attached hydrogens (tertiary/aromatic N) is 1. The molecule has 35 heavy (non-hydrogen) atoms. The van der Waals surface area contributed by atoms with Crippen molar-refractivity contribution >= 4 is 0 Å². The number of fused-ring (bicyclic) bond motifs is 5. The van der Waals surface area contributed by atoms with Gasteiger partial charge in [-0.3, -0.25) is 0 Å². The lowest BCUT2D eigenvalue weighted by atomic mass is 9.51. The predicted molar refractivity (Wildman–Crippen MR) is 139 cm³/mol. The summed E-state index contributed by atoms with van der Waals surface area (Å²) < 4.78 is 6.07. The van der Waals surface area contributed by atoms with E-state index >= 15 is 0 Å². The maximum absolute atomic E-state index is 11.1. The van der Waals surface area contributed by atoms with E-state index in [1.807, 2.05) is 12.1 Å². The Morgan fingerprint density at radius 2 is 1.83 bits per heavy atom. The molecule has 1 heterocycles. The topological polar surface area (TPSA) is 52.7 Å². The zero-order valence-electron chi connectivity index (χ0n) is 21.2. The standard InChI is InChI=1S/C31H41NO3/c1-31-20-27(21-5-9-24(10-6-21)35-18-4-2-3-15-32-16-17-32)30-25-12-8-23(33)19-22(25)7-11-26(30)28(31)13-14-29(31)34/h5-6,8-10,12,19,26-30,33-34H,2-4,7,11,13-18,20H2,1H3/t26-,27+,28-,29-,30+,31-/m0/s1. The molecule has 4 nitrogen and oxygen atoms in total. The largest absolute Gasteiger partial charge is 0.508 e. The van der Waals surface area contributed by atoms with Gasteiger partial charge in [0.15, 0.2) is 0 Å². The van der Waals surface area contributed by atoms with Crippen LogP contribution in [0, 0.1) is 17.3 Å². The van der Waals surface area contributed by atoms with Crippen LogP contribution < -0.4 is 4.74 Å². The van der Waals surface area contributed by atoms with E-state index in [2.05, 4.69) is 42.2 Å². The van der Waals surface area contributed by atoms with Crippen molar-refractivity contribution in [2.24, 2.45) is 17.3 Å². The Bertz CT molecular complexity index is 1030. The summed E-state index contributed by atoms with van der Waals surface area (Å²) in [6.07, 6.45) is 8.72. The average molecular weight is 476 g/mol. The zero-order valence-corrected chi connectivity index (χ0v) is 21.2. The van der Waals surface area contributed by atoms with Gasteiger partial charge in [0.05, 0.1) is 12.7 Å². The fraction of sp³-hybridized carbons (Fsp3) is 0.613. The van der Waals surface area contributed by atoms with Crippen molar-refractivity contribution in [3.8, 4) is 11.5 Å². The molecular formula is C31H41NO3. The highest BCUT2D eigenvalue weighted by atomic mass is 16.5. The third-order valence-electron chi connectivity index (χ3n) is 9.90. The number of rotatable bonds is 8. The van der Waals surface area contributed by atoms with Gasteiger partial charge in [0.25, 0.3) is 0 Å². The van der Waals surface area contributed by atoms with Crippen molar-refractivity contribution in [2.45, 2.75) is 76.2 Å². The lowest BCUT2D eigenvalue weighted by molar-refractivity contribution is -0.0323. The first-order valence-corrected chi connectivity index (χ1v) is 14.0. The van der Waals surface area contributed by atoms with Gasteiger partial charge in [0.2, 0.25) is 0 Å². The van der Waals surface area contributed by atoms with Crippen LogP contribution in [0.15, 0.2) is 42.5 Å². The van der Waals surface area contributed by atoms with Crippen LogP contribution in [0.4, 0.5) is 0 Å². The van der Waals surface area contributed by atoms with Gasteiger partial charge >= 0.3 is 0 Å². The first-order chi connectivity index (χ1) is 17.0. The second-order valence-electron chi connectivity index (χ2n) is 11.9. The maximum atomic E-state index is 11.1. The summed E-state index contributed by atoms with van der Waals surface area (Å²) in [4.78, 5) is 2.48. The summed E-state index contributed by atoms with van der Waals surface area (Å²) >= 11 is 0. The van der Waals surface area contributed by atoms with Crippen molar-refractivity contribution in [1.82, 2.24) is 4.90 Å². The fourth-order valence-corrected chi connectivity index (χ4v) is 7.90. The van der Waals surface area contributed by atoms with Gasteiger partial charge in [0.1, 0.15) is 11.5 Å². The molecule has 0 spiro atoms. The van der Waals surface area contributed by atoms with Crippen LogP contribution in [0.2, 0.25) is 0 Å². The zero-order chi connectivity index (χ0) is 24.0. The number of aliphatic hydroxyl groups is 1. The normalized spacial score (nSPS) is 33.6. The van der Waals surface area contributed by atoms with Gasteiger partial charge in [-0.15, -0.1) is 0 Å². The molecule has 6 atom stereocenters. The van der Waals surface area contributed by atoms with E-state index in [0.29, 0.717) is 29.4 Å². The van der Waals surface area contributed by atoms with Crippen LogP contribution in [-0.2, 0) is 6.42 Å². The van der Waals surface area contributed by atoms with Gasteiger partial charge < -0.3 is 19.8 Å². The summed E-state index contributed by atoms with van der Waals surface area (Å²) in [5.74, 6) is 3.35. The quantitative estimate of drug-likeness (QED) is 0.370. The number of aliphatic hydroxyl groups excluding tert-OH is 1. The van der Waals surface area contributed by atoms with Crippen LogP contribution in [-0.4, -0.2) is 47.5 Å². The second-order valence-corrected chi connectivity index (χ2v) is 11.9. The minimum atomic E-state index is -0.198. The highest BCUT2D eigenvalue weighted by Crippen LogP contribution is 2.65. The first-order valence-electron chi connectivity index (χ1n) is 14.0. The van der Waals surface area contributed by atoms with E-state index < -0.39 is 0 Å². The number of benzene rings is 2. The van der Waals surface area contributed by atoms with Gasteiger partial charge in [-0.2, -0.15) is 0 Å². The van der Waals surface area contributed by atoms with E-state index in [1.54, 1.807) is 0 Å². The average Bonchev–Trinajstić information content (AvgIpc) is 3.64. The van der Waals surface area contributed by atoms with Crippen LogP contribution in [0.5, 0.6) is 11.5 Å². The lowest BCUT2D eigenvalue weighted by Crippen LogP contribution is -2.47. The SMILES string of the molecule is C[C@]12C[C@H](c3ccc(OCCCCCN4CC4)cc3)[C@@H]3c4ccc(O)cc4CC[C@H]3[C@@H]1CC[C@@H]2O. The van der Waals surface area contributed by atoms with Crippen LogP contribution in [0.25, 0.3) is 0 Å². The van der Waals surface area contributed by atoms with Crippen LogP contribution in [0.3, 0.4) is 0 Å². The molecule has 1 saturated heterocycles. The summed E-state index contributed by atoms with van der Waals surface area (Å²) in [5.41, 5.74) is 4.10. The minimum Gasteiger partial charge on any atom is -0.508 e. The Morgan fingerprint density at radius 1 is 1.00 bits per heavy atom. The highest BCUT2D eigenvalue weighted by Gasteiger charge is 2.57. The molecule has 0 aromatic heterocycles. The van der Waals surface area contributed by atoms with E-state index in [-0.39, 0.29) is 11.5 Å². The Labute approximate surface area is 210 Å². The third-order valence-corrected chi connectivity index (χ3v) is 9.90. The Kier molecular flexibility index (Phi) is 6.30. The molecule has 0 bridgehead atoms. The van der Waals surface area contributed by atoms with Crippen molar-refractivity contribution in [1.29, 1.82) is 0 Å². The number of phenols is 1. The fourth-order valence-electron chi connectivity index (χ4n) is 7.90. The molecule has 188 valence electrons. The van der Waals surface area contributed by atoms with Crippen LogP contribution >= 0.6 is 0 Å². The number of hydrogen-bond acceptors (Lipinski definition) is 4. The van der Waals surface area contributed by atoms with Gasteiger partial charge in [-0.25, -0.2) is 0 Å². The molecule has 2 saturated carbocycles. The van der Waals surface area contributed by atoms with E-state index in [0.717, 1.165) is 50.9 Å². The molecule has 0 radical (unpaired) electrons. The minimum absolute atomic E-state index is 0.00748. The summed E-state index contributed by atoms with van der Waals surface area (Å²) in [6, 6.07) is 14.9.